The van der Waals surface area contributed by atoms with Crippen LogP contribution in [-0.4, -0.2) is 19.4 Å². The average molecular weight is 291 g/mol. The molecule has 6 heteroatoms. The van der Waals surface area contributed by atoms with E-state index in [2.05, 4.69) is 24.2 Å². The van der Waals surface area contributed by atoms with Crippen molar-refractivity contribution in [2.45, 2.75) is 33.0 Å². The summed E-state index contributed by atoms with van der Waals surface area (Å²) >= 11 is 0. The number of ether oxygens (including phenoxy) is 1. The fourth-order valence-electron chi connectivity index (χ4n) is 1.43. The molecule has 1 atom stereocenters. The van der Waals surface area contributed by atoms with E-state index in [1.165, 1.54) is 0 Å². The van der Waals surface area contributed by atoms with Crippen molar-refractivity contribution in [3.8, 4) is 5.75 Å². The van der Waals surface area contributed by atoms with E-state index in [0.717, 1.165) is 11.3 Å². The molecule has 3 nitrogen and oxygen atoms in total. The second-order valence-electron chi connectivity index (χ2n) is 5.02. The van der Waals surface area contributed by atoms with Crippen molar-refractivity contribution in [1.82, 2.24) is 5.48 Å². The van der Waals surface area contributed by atoms with Gasteiger partial charge in [0, 0.05) is 0 Å². The molecule has 0 aromatic heterocycles. The first-order valence-corrected chi connectivity index (χ1v) is 6.45. The van der Waals surface area contributed by atoms with Gasteiger partial charge in [-0.25, -0.2) is 0 Å². The quantitative estimate of drug-likeness (QED) is 0.774. The van der Waals surface area contributed by atoms with Crippen molar-refractivity contribution in [1.29, 1.82) is 0 Å². The summed E-state index contributed by atoms with van der Waals surface area (Å²) in [4.78, 5) is 4.42. The van der Waals surface area contributed by atoms with E-state index in [4.69, 9.17) is 4.74 Å². The van der Waals surface area contributed by atoms with Crippen molar-refractivity contribution >= 4 is 0 Å². The highest BCUT2D eigenvalue weighted by atomic mass is 19.4. The SMILES string of the molecule is CC(C)COc1ccc(C(C)NOCC(F)(F)F)cc1. The van der Waals surface area contributed by atoms with E-state index in [0.29, 0.717) is 12.5 Å². The fraction of sp³-hybridized carbons (Fsp3) is 0.571. The third-order valence-electron chi connectivity index (χ3n) is 2.46. The van der Waals surface area contributed by atoms with Gasteiger partial charge in [0.15, 0.2) is 6.61 Å². The molecule has 0 aliphatic heterocycles. The Morgan fingerprint density at radius 2 is 1.70 bits per heavy atom. The molecule has 0 aliphatic rings. The van der Waals surface area contributed by atoms with Crippen LogP contribution in [0.15, 0.2) is 24.3 Å². The standard InChI is InChI=1S/C14H20F3NO2/c1-10(2)8-19-13-6-4-12(5-7-13)11(3)18-20-9-14(15,16)17/h4-7,10-11,18H,8-9H2,1-3H3. The molecule has 1 aromatic rings. The lowest BCUT2D eigenvalue weighted by Gasteiger charge is -2.16. The molecule has 1 aromatic carbocycles. The minimum atomic E-state index is -4.33. The van der Waals surface area contributed by atoms with Gasteiger partial charge in [0.1, 0.15) is 5.75 Å². The first-order chi connectivity index (χ1) is 9.28. The third kappa shape index (κ3) is 6.77. The van der Waals surface area contributed by atoms with Crippen molar-refractivity contribution in [3.05, 3.63) is 29.8 Å². The minimum absolute atomic E-state index is 0.337. The molecule has 1 N–H and O–H groups in total. The normalized spacial score (nSPS) is 13.6. The number of hydrogen-bond acceptors (Lipinski definition) is 3. The Morgan fingerprint density at radius 3 is 2.20 bits per heavy atom. The summed E-state index contributed by atoms with van der Waals surface area (Å²) < 4.78 is 41.3. The van der Waals surface area contributed by atoms with Crippen molar-refractivity contribution in [2.24, 2.45) is 5.92 Å². The predicted octanol–water partition coefficient (Wildman–Crippen LogP) is 3.87. The second-order valence-corrected chi connectivity index (χ2v) is 5.02. The van der Waals surface area contributed by atoms with Gasteiger partial charge in [-0.1, -0.05) is 26.0 Å². The fourth-order valence-corrected chi connectivity index (χ4v) is 1.43. The van der Waals surface area contributed by atoms with Crippen LogP contribution in [0.4, 0.5) is 13.2 Å². The molecule has 20 heavy (non-hydrogen) atoms. The Bertz CT molecular complexity index is 390. The zero-order valence-corrected chi connectivity index (χ0v) is 11.8. The number of hydrogen-bond donors (Lipinski definition) is 1. The van der Waals surface area contributed by atoms with Crippen LogP contribution in [0.1, 0.15) is 32.4 Å². The monoisotopic (exact) mass is 291 g/mol. The second kappa shape index (κ2) is 7.50. The van der Waals surface area contributed by atoms with Crippen molar-refractivity contribution in [3.63, 3.8) is 0 Å². The topological polar surface area (TPSA) is 30.5 Å². The molecule has 0 saturated heterocycles. The molecule has 0 heterocycles. The first-order valence-electron chi connectivity index (χ1n) is 6.45. The van der Waals surface area contributed by atoms with Crippen LogP contribution in [0.3, 0.4) is 0 Å². The van der Waals surface area contributed by atoms with Gasteiger partial charge in [-0.15, -0.1) is 0 Å². The molecule has 0 radical (unpaired) electrons. The Morgan fingerprint density at radius 1 is 1.10 bits per heavy atom. The lowest BCUT2D eigenvalue weighted by atomic mass is 10.1. The highest BCUT2D eigenvalue weighted by Crippen LogP contribution is 2.19. The summed E-state index contributed by atoms with van der Waals surface area (Å²) in [5.74, 6) is 1.18. The number of alkyl halides is 3. The molecule has 0 aliphatic carbocycles. The molecule has 1 rings (SSSR count). The minimum Gasteiger partial charge on any atom is -0.493 e. The summed E-state index contributed by atoms with van der Waals surface area (Å²) in [6.07, 6.45) is -4.33. The van der Waals surface area contributed by atoms with Crippen molar-refractivity contribution < 1.29 is 22.7 Å². The van der Waals surface area contributed by atoms with E-state index >= 15 is 0 Å². The highest BCUT2D eigenvalue weighted by molar-refractivity contribution is 5.28. The van der Waals surface area contributed by atoms with Crippen LogP contribution in [0, 0.1) is 5.92 Å². The lowest BCUT2D eigenvalue weighted by Crippen LogP contribution is -2.26. The Hall–Kier alpha value is -1.27. The van der Waals surface area contributed by atoms with Gasteiger partial charge in [-0.05, 0) is 30.5 Å². The molecule has 0 amide bonds. The van der Waals surface area contributed by atoms with Gasteiger partial charge >= 0.3 is 6.18 Å². The summed E-state index contributed by atoms with van der Waals surface area (Å²) in [6, 6.07) is 6.84. The predicted molar refractivity (Wildman–Crippen MR) is 70.3 cm³/mol. The van der Waals surface area contributed by atoms with Crippen LogP contribution in [0.2, 0.25) is 0 Å². The molecule has 0 fully saturated rings. The van der Waals surface area contributed by atoms with Crippen LogP contribution < -0.4 is 10.2 Å². The van der Waals surface area contributed by atoms with Gasteiger partial charge in [-0.3, -0.25) is 4.84 Å². The maximum Gasteiger partial charge on any atom is 0.413 e. The van der Waals surface area contributed by atoms with Gasteiger partial charge in [0.25, 0.3) is 0 Å². The van der Waals surface area contributed by atoms with Crippen LogP contribution >= 0.6 is 0 Å². The Balaban J connectivity index is 2.43. The van der Waals surface area contributed by atoms with E-state index in [9.17, 15) is 13.2 Å². The number of hydroxylamine groups is 1. The molecule has 0 bridgehead atoms. The zero-order valence-electron chi connectivity index (χ0n) is 11.8. The van der Waals surface area contributed by atoms with Gasteiger partial charge < -0.3 is 4.74 Å². The number of rotatable bonds is 7. The van der Waals surface area contributed by atoms with Crippen LogP contribution in [0.25, 0.3) is 0 Å². The molecule has 114 valence electrons. The molecular weight excluding hydrogens is 271 g/mol. The molecule has 1 unspecified atom stereocenters. The van der Waals surface area contributed by atoms with E-state index in [1.807, 2.05) is 0 Å². The van der Waals surface area contributed by atoms with Gasteiger partial charge in [0.2, 0.25) is 0 Å². The first kappa shape index (κ1) is 16.8. The van der Waals surface area contributed by atoms with Crippen molar-refractivity contribution in [2.75, 3.05) is 13.2 Å². The smallest absolute Gasteiger partial charge is 0.413 e. The third-order valence-corrected chi connectivity index (χ3v) is 2.46. The molecular formula is C14H20F3NO2. The summed E-state index contributed by atoms with van der Waals surface area (Å²) in [6.45, 7) is 5.14. The maximum absolute atomic E-state index is 11.9. The number of halogens is 3. The average Bonchev–Trinajstić information content (AvgIpc) is 2.35. The van der Waals surface area contributed by atoms with Crippen LogP contribution in [0.5, 0.6) is 5.75 Å². The zero-order chi connectivity index (χ0) is 15.2. The van der Waals surface area contributed by atoms with Crippen LogP contribution in [-0.2, 0) is 4.84 Å². The van der Waals surface area contributed by atoms with Gasteiger partial charge in [0.05, 0.1) is 12.6 Å². The van der Waals surface area contributed by atoms with Gasteiger partial charge in [-0.2, -0.15) is 18.7 Å². The summed E-state index contributed by atoms with van der Waals surface area (Å²) in [5, 5.41) is 0. The number of benzene rings is 1. The van der Waals surface area contributed by atoms with E-state index in [-0.39, 0.29) is 6.04 Å². The maximum atomic E-state index is 11.9. The van der Waals surface area contributed by atoms with E-state index < -0.39 is 12.8 Å². The largest absolute Gasteiger partial charge is 0.493 e. The molecule has 0 spiro atoms. The lowest BCUT2D eigenvalue weighted by molar-refractivity contribution is -0.192. The highest BCUT2D eigenvalue weighted by Gasteiger charge is 2.28. The van der Waals surface area contributed by atoms with E-state index in [1.54, 1.807) is 31.2 Å². The Labute approximate surface area is 117 Å². The molecule has 0 saturated carbocycles. The summed E-state index contributed by atoms with van der Waals surface area (Å²) in [7, 11) is 0. The number of nitrogens with one attached hydrogen (secondary N) is 1. The Kier molecular flexibility index (Phi) is 6.29. The summed E-state index contributed by atoms with van der Waals surface area (Å²) in [5.41, 5.74) is 3.19.